The summed E-state index contributed by atoms with van der Waals surface area (Å²) in [5.41, 5.74) is 1.43. The van der Waals surface area contributed by atoms with Gasteiger partial charge in [0.2, 0.25) is 0 Å². The third-order valence-electron chi connectivity index (χ3n) is 3.30. The molecule has 0 bridgehead atoms. The van der Waals surface area contributed by atoms with Gasteiger partial charge < -0.3 is 10.3 Å². The predicted molar refractivity (Wildman–Crippen MR) is 86.6 cm³/mol. The molecule has 7 heteroatoms. The van der Waals surface area contributed by atoms with Crippen LogP contribution in [0.3, 0.4) is 0 Å². The summed E-state index contributed by atoms with van der Waals surface area (Å²) in [7, 11) is 1.60. The van der Waals surface area contributed by atoms with Gasteiger partial charge in [-0.25, -0.2) is 0 Å². The van der Waals surface area contributed by atoms with E-state index in [0.29, 0.717) is 26.9 Å². The van der Waals surface area contributed by atoms with Gasteiger partial charge in [-0.15, -0.1) is 0 Å². The summed E-state index contributed by atoms with van der Waals surface area (Å²) in [6.45, 7) is 0. The molecule has 2 heterocycles. The topological polar surface area (TPSA) is 79.8 Å². The molecule has 0 aliphatic heterocycles. The van der Waals surface area contributed by atoms with E-state index in [9.17, 15) is 9.59 Å². The van der Waals surface area contributed by atoms with E-state index in [4.69, 9.17) is 12.2 Å². The number of anilines is 1. The third kappa shape index (κ3) is 2.53. The molecule has 3 rings (SSSR count). The van der Waals surface area contributed by atoms with Crippen molar-refractivity contribution in [2.45, 2.75) is 0 Å². The number of hydrogen-bond donors (Lipinski definition) is 2. The molecule has 0 aliphatic rings. The number of rotatable bonds is 2. The number of nitrogens with one attached hydrogen (secondary N) is 2. The lowest BCUT2D eigenvalue weighted by molar-refractivity contribution is 0.102. The molecule has 0 saturated heterocycles. The number of nitrogens with zero attached hydrogens (tertiary/aromatic N) is 2. The highest BCUT2D eigenvalue weighted by Gasteiger charge is 2.09. The first-order chi connectivity index (χ1) is 10.6. The lowest BCUT2D eigenvalue weighted by Crippen LogP contribution is -2.19. The Morgan fingerprint density at radius 2 is 2.00 bits per heavy atom. The summed E-state index contributed by atoms with van der Waals surface area (Å²) in [4.78, 5) is 31.2. The Kier molecular flexibility index (Phi) is 3.56. The molecular weight excluding hydrogens is 300 g/mol. The zero-order chi connectivity index (χ0) is 15.7. The van der Waals surface area contributed by atoms with Crippen molar-refractivity contribution in [2.24, 2.45) is 7.05 Å². The monoisotopic (exact) mass is 312 g/mol. The Balaban J connectivity index is 2.02. The Bertz CT molecular complexity index is 976. The molecular formula is C15H12N4O2S. The fourth-order valence-electron chi connectivity index (χ4n) is 2.09. The first kappa shape index (κ1) is 14.2. The lowest BCUT2D eigenvalue weighted by atomic mass is 10.1. The van der Waals surface area contributed by atoms with Crippen LogP contribution >= 0.6 is 12.2 Å². The van der Waals surface area contributed by atoms with Crippen molar-refractivity contribution in [1.29, 1.82) is 0 Å². The van der Waals surface area contributed by atoms with Crippen LogP contribution in [-0.2, 0) is 7.05 Å². The highest BCUT2D eigenvalue weighted by atomic mass is 32.1. The summed E-state index contributed by atoms with van der Waals surface area (Å²) >= 11 is 5.08. The van der Waals surface area contributed by atoms with E-state index < -0.39 is 0 Å². The minimum absolute atomic E-state index is 0.195. The molecule has 0 atom stereocenters. The van der Waals surface area contributed by atoms with Crippen LogP contribution < -0.4 is 10.9 Å². The van der Waals surface area contributed by atoms with Crippen molar-refractivity contribution >= 4 is 34.7 Å². The molecule has 22 heavy (non-hydrogen) atoms. The second-order valence-corrected chi connectivity index (χ2v) is 5.13. The summed E-state index contributed by atoms with van der Waals surface area (Å²) in [6, 6.07) is 8.23. The van der Waals surface area contributed by atoms with Crippen LogP contribution in [0.5, 0.6) is 0 Å². The number of aromatic nitrogens is 3. The van der Waals surface area contributed by atoms with Crippen LogP contribution in [-0.4, -0.2) is 20.4 Å². The van der Waals surface area contributed by atoms with Crippen LogP contribution in [0.15, 0.2) is 47.5 Å². The van der Waals surface area contributed by atoms with Crippen LogP contribution in [0.25, 0.3) is 10.9 Å². The Morgan fingerprint density at radius 1 is 1.27 bits per heavy atom. The maximum Gasteiger partial charge on any atom is 0.261 e. The number of fused-ring (bicyclic) bond motifs is 1. The van der Waals surface area contributed by atoms with E-state index in [1.807, 2.05) is 0 Å². The summed E-state index contributed by atoms with van der Waals surface area (Å²) in [5.74, 6) is -0.270. The number of H-pyrrole nitrogens is 1. The number of carbonyl (C=O) groups is 1. The average Bonchev–Trinajstić information content (AvgIpc) is 2.53. The predicted octanol–water partition coefficient (Wildman–Crippen LogP) is 2.24. The minimum atomic E-state index is -0.270. The number of amides is 1. The molecule has 0 unspecified atom stereocenters. The zero-order valence-corrected chi connectivity index (χ0v) is 12.5. The van der Waals surface area contributed by atoms with Gasteiger partial charge >= 0.3 is 0 Å². The highest BCUT2D eigenvalue weighted by Crippen LogP contribution is 2.13. The van der Waals surface area contributed by atoms with E-state index in [2.05, 4.69) is 15.3 Å². The maximum absolute atomic E-state index is 12.2. The molecule has 1 aromatic carbocycles. The Labute approximate surface area is 130 Å². The largest absolute Gasteiger partial charge is 0.332 e. The van der Waals surface area contributed by atoms with E-state index in [1.54, 1.807) is 49.8 Å². The third-order valence-corrected chi connectivity index (χ3v) is 3.68. The molecule has 2 aromatic heterocycles. The summed E-state index contributed by atoms with van der Waals surface area (Å²) in [5, 5.41) is 3.24. The fourth-order valence-corrected chi connectivity index (χ4v) is 2.28. The van der Waals surface area contributed by atoms with Gasteiger partial charge in [0.25, 0.3) is 11.5 Å². The van der Waals surface area contributed by atoms with E-state index >= 15 is 0 Å². The zero-order valence-electron chi connectivity index (χ0n) is 11.7. The van der Waals surface area contributed by atoms with Gasteiger partial charge in [0, 0.05) is 30.7 Å². The van der Waals surface area contributed by atoms with Gasteiger partial charge in [0.05, 0.1) is 10.9 Å². The number of carbonyl (C=O) groups excluding carboxylic acids is 1. The van der Waals surface area contributed by atoms with Gasteiger partial charge in [0.1, 0.15) is 0 Å². The summed E-state index contributed by atoms with van der Waals surface area (Å²) < 4.78 is 1.66. The molecule has 3 aromatic rings. The quantitative estimate of drug-likeness (QED) is 0.711. The summed E-state index contributed by atoms with van der Waals surface area (Å²) in [6.07, 6.45) is 3.19. The van der Waals surface area contributed by atoms with Crippen molar-refractivity contribution in [3.8, 4) is 0 Å². The molecule has 0 aliphatic carbocycles. The highest BCUT2D eigenvalue weighted by molar-refractivity contribution is 7.71. The second-order valence-electron chi connectivity index (χ2n) is 4.74. The van der Waals surface area contributed by atoms with Gasteiger partial charge in [-0.3, -0.25) is 19.1 Å². The maximum atomic E-state index is 12.2. The molecule has 0 spiro atoms. The van der Waals surface area contributed by atoms with Gasteiger partial charge in [-0.1, -0.05) is 0 Å². The van der Waals surface area contributed by atoms with Gasteiger partial charge in [-0.2, -0.15) is 0 Å². The number of hydrogen-bond acceptors (Lipinski definition) is 4. The van der Waals surface area contributed by atoms with Crippen LogP contribution in [0, 0.1) is 4.77 Å². The number of pyridine rings is 1. The standard InChI is InChI=1S/C15H12N4O2S/c1-19-14(21)11-3-2-9(8-12(11)18-15(19)22)13(20)17-10-4-6-16-7-5-10/h2-8H,1H3,(H,18,22)(H,16,17,20). The van der Waals surface area contributed by atoms with E-state index in [1.165, 1.54) is 4.57 Å². The first-order valence-corrected chi connectivity index (χ1v) is 6.91. The van der Waals surface area contributed by atoms with Crippen LogP contribution in [0.1, 0.15) is 10.4 Å². The fraction of sp³-hybridized carbons (Fsp3) is 0.0667. The molecule has 110 valence electrons. The smallest absolute Gasteiger partial charge is 0.261 e. The Hall–Kier alpha value is -2.80. The van der Waals surface area contributed by atoms with Crippen molar-refractivity contribution in [3.63, 3.8) is 0 Å². The average molecular weight is 312 g/mol. The number of aromatic amines is 1. The van der Waals surface area contributed by atoms with E-state index in [-0.39, 0.29) is 11.5 Å². The number of benzene rings is 1. The molecule has 0 fully saturated rings. The molecule has 1 amide bonds. The van der Waals surface area contributed by atoms with Crippen LogP contribution in [0.4, 0.5) is 5.69 Å². The van der Waals surface area contributed by atoms with Gasteiger partial charge in [-0.05, 0) is 42.5 Å². The van der Waals surface area contributed by atoms with Crippen molar-refractivity contribution in [3.05, 3.63) is 63.4 Å². The van der Waals surface area contributed by atoms with E-state index in [0.717, 1.165) is 0 Å². The SMILES string of the molecule is Cn1c(=S)[nH]c2cc(C(=O)Nc3ccncc3)ccc2c1=O. The second kappa shape index (κ2) is 5.53. The first-order valence-electron chi connectivity index (χ1n) is 6.51. The van der Waals surface area contributed by atoms with Crippen molar-refractivity contribution in [1.82, 2.24) is 14.5 Å². The molecule has 6 nitrogen and oxygen atoms in total. The van der Waals surface area contributed by atoms with Crippen molar-refractivity contribution in [2.75, 3.05) is 5.32 Å². The molecule has 0 radical (unpaired) electrons. The molecule has 2 N–H and O–H groups in total. The van der Waals surface area contributed by atoms with Crippen molar-refractivity contribution < 1.29 is 4.79 Å². The normalized spacial score (nSPS) is 10.6. The lowest BCUT2D eigenvalue weighted by Gasteiger charge is -2.07. The minimum Gasteiger partial charge on any atom is -0.332 e. The van der Waals surface area contributed by atoms with Gasteiger partial charge in [0.15, 0.2) is 4.77 Å². The Morgan fingerprint density at radius 3 is 2.73 bits per heavy atom. The molecule has 0 saturated carbocycles. The van der Waals surface area contributed by atoms with Crippen LogP contribution in [0.2, 0.25) is 0 Å².